The van der Waals surface area contributed by atoms with Crippen molar-refractivity contribution in [2.45, 2.75) is 26.7 Å². The molecule has 0 aliphatic rings. The molecule has 16 heavy (non-hydrogen) atoms. The second-order valence-electron chi connectivity index (χ2n) is 5.36. The zero-order valence-corrected chi connectivity index (χ0v) is 11.4. The molecule has 0 saturated heterocycles. The Morgan fingerprint density at radius 2 is 1.94 bits per heavy atom. The summed E-state index contributed by atoms with van der Waals surface area (Å²) < 4.78 is 0. The van der Waals surface area contributed by atoms with Crippen molar-refractivity contribution >= 4 is 5.91 Å². The molecule has 0 saturated carbocycles. The number of carbonyl (C=O) groups excluding carboxylic acids is 1. The third-order valence-corrected chi connectivity index (χ3v) is 2.38. The van der Waals surface area contributed by atoms with E-state index in [2.05, 4.69) is 43.5 Å². The van der Waals surface area contributed by atoms with Crippen molar-refractivity contribution in [3.05, 3.63) is 0 Å². The first kappa shape index (κ1) is 15.4. The summed E-state index contributed by atoms with van der Waals surface area (Å²) in [5, 5.41) is 6.03. The number of amides is 1. The Morgan fingerprint density at radius 1 is 1.31 bits per heavy atom. The van der Waals surface area contributed by atoms with Gasteiger partial charge in [0.2, 0.25) is 5.91 Å². The van der Waals surface area contributed by atoms with Crippen molar-refractivity contribution in [3.8, 4) is 0 Å². The number of nitrogens with one attached hydrogen (secondary N) is 2. The Morgan fingerprint density at radius 3 is 2.44 bits per heavy atom. The molecule has 0 aliphatic heterocycles. The summed E-state index contributed by atoms with van der Waals surface area (Å²) in [7, 11) is 5.86. The highest BCUT2D eigenvalue weighted by molar-refractivity contribution is 5.75. The zero-order chi connectivity index (χ0) is 12.6. The van der Waals surface area contributed by atoms with Crippen LogP contribution >= 0.6 is 0 Å². The van der Waals surface area contributed by atoms with E-state index in [4.69, 9.17) is 0 Å². The van der Waals surface area contributed by atoms with Crippen LogP contribution in [0.25, 0.3) is 0 Å². The minimum Gasteiger partial charge on any atom is -0.359 e. The summed E-state index contributed by atoms with van der Waals surface area (Å²) in [4.78, 5) is 13.2. The molecule has 96 valence electrons. The van der Waals surface area contributed by atoms with Crippen LogP contribution in [-0.2, 0) is 4.79 Å². The summed E-state index contributed by atoms with van der Waals surface area (Å²) in [6.45, 7) is 7.45. The molecule has 0 atom stereocenters. The van der Waals surface area contributed by atoms with Crippen molar-refractivity contribution < 1.29 is 4.79 Å². The zero-order valence-electron chi connectivity index (χ0n) is 11.4. The van der Waals surface area contributed by atoms with Crippen LogP contribution in [0.5, 0.6) is 0 Å². The normalized spacial score (nSPS) is 11.9. The van der Waals surface area contributed by atoms with Crippen LogP contribution in [0.1, 0.15) is 26.7 Å². The molecule has 0 aromatic rings. The van der Waals surface area contributed by atoms with Crippen molar-refractivity contribution in [2.75, 3.05) is 40.8 Å². The van der Waals surface area contributed by atoms with Crippen molar-refractivity contribution in [2.24, 2.45) is 5.41 Å². The standard InChI is InChI=1S/C12H27N3O/c1-12(2,10-15(4)5)9-14-8-6-7-11(16)13-3/h14H,6-10H2,1-5H3,(H,13,16). The first-order valence-electron chi connectivity index (χ1n) is 5.93. The Balaban J connectivity index is 3.54. The van der Waals surface area contributed by atoms with Crippen molar-refractivity contribution in [1.29, 1.82) is 0 Å². The highest BCUT2D eigenvalue weighted by Crippen LogP contribution is 2.13. The fraction of sp³-hybridized carbons (Fsp3) is 0.917. The van der Waals surface area contributed by atoms with Crippen LogP contribution in [0.3, 0.4) is 0 Å². The van der Waals surface area contributed by atoms with E-state index < -0.39 is 0 Å². The molecule has 0 aromatic carbocycles. The molecule has 4 nitrogen and oxygen atoms in total. The monoisotopic (exact) mass is 229 g/mol. The first-order chi connectivity index (χ1) is 7.37. The van der Waals surface area contributed by atoms with Gasteiger partial charge in [0, 0.05) is 26.6 Å². The highest BCUT2D eigenvalue weighted by atomic mass is 16.1. The van der Waals surface area contributed by atoms with Gasteiger partial charge in [-0.05, 0) is 32.5 Å². The summed E-state index contributed by atoms with van der Waals surface area (Å²) in [6.07, 6.45) is 1.51. The topological polar surface area (TPSA) is 44.4 Å². The lowest BCUT2D eigenvalue weighted by Crippen LogP contribution is -2.38. The second-order valence-corrected chi connectivity index (χ2v) is 5.36. The van der Waals surface area contributed by atoms with Gasteiger partial charge >= 0.3 is 0 Å². The average Bonchev–Trinajstić information content (AvgIpc) is 2.14. The lowest BCUT2D eigenvalue weighted by atomic mass is 9.93. The van der Waals surface area contributed by atoms with Gasteiger partial charge in [0.15, 0.2) is 0 Å². The first-order valence-corrected chi connectivity index (χ1v) is 5.93. The molecule has 0 fully saturated rings. The maximum absolute atomic E-state index is 11.0. The van der Waals surface area contributed by atoms with Gasteiger partial charge in [-0.25, -0.2) is 0 Å². The molecule has 4 heteroatoms. The molecule has 0 radical (unpaired) electrons. The van der Waals surface area contributed by atoms with Crippen LogP contribution in [0.15, 0.2) is 0 Å². The van der Waals surface area contributed by atoms with E-state index in [1.54, 1.807) is 7.05 Å². The highest BCUT2D eigenvalue weighted by Gasteiger charge is 2.17. The fourth-order valence-electron chi connectivity index (χ4n) is 1.84. The quantitative estimate of drug-likeness (QED) is 0.602. The number of rotatable bonds is 8. The lowest BCUT2D eigenvalue weighted by molar-refractivity contribution is -0.120. The Kier molecular flexibility index (Phi) is 7.34. The third kappa shape index (κ3) is 8.68. The van der Waals surface area contributed by atoms with E-state index in [-0.39, 0.29) is 11.3 Å². The van der Waals surface area contributed by atoms with Gasteiger partial charge in [-0.2, -0.15) is 0 Å². The molecule has 0 bridgehead atoms. The molecule has 0 unspecified atom stereocenters. The van der Waals surface area contributed by atoms with Crippen molar-refractivity contribution in [3.63, 3.8) is 0 Å². The van der Waals surface area contributed by atoms with Crippen LogP contribution in [0, 0.1) is 5.41 Å². The molecule has 2 N–H and O–H groups in total. The van der Waals surface area contributed by atoms with E-state index in [1.807, 2.05) is 0 Å². The summed E-state index contributed by atoms with van der Waals surface area (Å²) in [5.74, 6) is 0.120. The molecular weight excluding hydrogens is 202 g/mol. The predicted octanol–water partition coefficient (Wildman–Crippen LogP) is 0.690. The van der Waals surface area contributed by atoms with Gasteiger partial charge in [-0.1, -0.05) is 13.8 Å². The molecule has 0 aliphatic carbocycles. The van der Waals surface area contributed by atoms with Gasteiger partial charge in [0.05, 0.1) is 0 Å². The fourth-order valence-corrected chi connectivity index (χ4v) is 1.84. The van der Waals surface area contributed by atoms with E-state index in [1.165, 1.54) is 0 Å². The summed E-state index contributed by atoms with van der Waals surface area (Å²) in [6, 6.07) is 0. The van der Waals surface area contributed by atoms with Crippen LogP contribution < -0.4 is 10.6 Å². The van der Waals surface area contributed by atoms with E-state index >= 15 is 0 Å². The number of carbonyl (C=O) groups is 1. The van der Waals surface area contributed by atoms with Gasteiger partial charge in [-0.3, -0.25) is 4.79 Å². The van der Waals surface area contributed by atoms with Crippen LogP contribution in [-0.4, -0.2) is 51.6 Å². The number of hydrogen-bond acceptors (Lipinski definition) is 3. The molecule has 0 rings (SSSR count). The van der Waals surface area contributed by atoms with Crippen molar-refractivity contribution in [1.82, 2.24) is 15.5 Å². The van der Waals surface area contributed by atoms with Crippen LogP contribution in [0.4, 0.5) is 0 Å². The maximum atomic E-state index is 11.0. The van der Waals surface area contributed by atoms with Crippen LogP contribution in [0.2, 0.25) is 0 Å². The summed E-state index contributed by atoms with van der Waals surface area (Å²) in [5.41, 5.74) is 0.274. The minimum absolute atomic E-state index is 0.120. The van der Waals surface area contributed by atoms with Gasteiger partial charge in [0.25, 0.3) is 0 Å². The second kappa shape index (κ2) is 7.63. The lowest BCUT2D eigenvalue weighted by Gasteiger charge is -2.28. The van der Waals surface area contributed by atoms with Gasteiger partial charge in [0.1, 0.15) is 0 Å². The van der Waals surface area contributed by atoms with E-state index in [0.717, 1.165) is 26.1 Å². The smallest absolute Gasteiger partial charge is 0.219 e. The molecule has 0 aromatic heterocycles. The third-order valence-electron chi connectivity index (χ3n) is 2.38. The Labute approximate surface area is 99.8 Å². The minimum atomic E-state index is 0.120. The van der Waals surface area contributed by atoms with Gasteiger partial charge < -0.3 is 15.5 Å². The molecule has 1 amide bonds. The molecule has 0 heterocycles. The Hall–Kier alpha value is -0.610. The SMILES string of the molecule is CNC(=O)CCCNCC(C)(C)CN(C)C. The maximum Gasteiger partial charge on any atom is 0.219 e. The predicted molar refractivity (Wildman–Crippen MR) is 68.5 cm³/mol. The molecule has 0 spiro atoms. The molecular formula is C12H27N3O. The van der Waals surface area contributed by atoms with Gasteiger partial charge in [-0.15, -0.1) is 0 Å². The number of nitrogens with zero attached hydrogens (tertiary/aromatic N) is 1. The average molecular weight is 229 g/mol. The summed E-state index contributed by atoms with van der Waals surface area (Å²) >= 11 is 0. The van der Waals surface area contributed by atoms with E-state index in [9.17, 15) is 4.79 Å². The van der Waals surface area contributed by atoms with E-state index in [0.29, 0.717) is 6.42 Å². The number of hydrogen-bond donors (Lipinski definition) is 2. The largest absolute Gasteiger partial charge is 0.359 e. The Bertz CT molecular complexity index is 202.